The van der Waals surface area contributed by atoms with Crippen LogP contribution in [-0.4, -0.2) is 46.9 Å². The molecule has 10 nitrogen and oxygen atoms in total. The Bertz CT molecular complexity index is 1990. The van der Waals surface area contributed by atoms with Crippen molar-refractivity contribution in [3.8, 4) is 0 Å². The number of nitrogens with one attached hydrogen (secondary N) is 2. The number of carbonyl (C=O) groups excluding carboxylic acids is 1. The molecule has 12 heteroatoms. The minimum atomic E-state index is -3.95. The van der Waals surface area contributed by atoms with Gasteiger partial charge in [-0.25, -0.2) is 13.4 Å². The third kappa shape index (κ3) is 9.73. The van der Waals surface area contributed by atoms with E-state index in [0.29, 0.717) is 12.2 Å². The van der Waals surface area contributed by atoms with Crippen LogP contribution < -0.4 is 10.0 Å². The van der Waals surface area contributed by atoms with Gasteiger partial charge in [-0.3, -0.25) is 4.79 Å². The molecule has 0 radical (unpaired) electrons. The number of hydrogen-bond donors (Lipinski definition) is 3. The van der Waals surface area contributed by atoms with Crippen LogP contribution in [0.3, 0.4) is 0 Å². The Morgan fingerprint density at radius 2 is 1.61 bits per heavy atom. The summed E-state index contributed by atoms with van der Waals surface area (Å²) in [6, 6.07) is 30.3. The Morgan fingerprint density at radius 1 is 0.922 bits per heavy atom. The van der Waals surface area contributed by atoms with Crippen molar-refractivity contribution in [3.05, 3.63) is 149 Å². The quantitative estimate of drug-likeness (QED) is 0.123. The lowest BCUT2D eigenvalue weighted by Gasteiger charge is -2.36. The highest BCUT2D eigenvalue weighted by Crippen LogP contribution is 2.39. The second-order valence-electron chi connectivity index (χ2n) is 12.6. The topological polar surface area (TPSA) is 132 Å². The highest BCUT2D eigenvalue weighted by molar-refractivity contribution is 7.99. The van der Waals surface area contributed by atoms with Gasteiger partial charge in [0.05, 0.1) is 23.7 Å². The number of sulfonamides is 1. The van der Waals surface area contributed by atoms with Crippen LogP contribution in [0.15, 0.2) is 126 Å². The van der Waals surface area contributed by atoms with Crippen LogP contribution in [0.1, 0.15) is 52.2 Å². The zero-order valence-electron chi connectivity index (χ0n) is 28.5. The maximum absolute atomic E-state index is 13.5. The van der Waals surface area contributed by atoms with E-state index in [2.05, 4.69) is 15.0 Å². The molecule has 1 aliphatic heterocycles. The van der Waals surface area contributed by atoms with Gasteiger partial charge < -0.3 is 24.5 Å². The first kappa shape index (κ1) is 36.5. The molecule has 1 aromatic heterocycles. The SMILES string of the molecule is Cc1ccc(S(=O)(=O)NC(Cc2ccccc2)C(=O)NCc2ccc(C3OC(CSc4nccn4C)CC(c4ccc(CO)cc4)O3)cc2)cc1. The van der Waals surface area contributed by atoms with Crippen LogP contribution in [0.5, 0.6) is 0 Å². The third-order valence-electron chi connectivity index (χ3n) is 8.74. The first-order chi connectivity index (χ1) is 24.7. The van der Waals surface area contributed by atoms with Gasteiger partial charge in [-0.05, 0) is 47.7 Å². The molecule has 0 saturated carbocycles. The number of benzene rings is 4. The molecule has 2 heterocycles. The molecular formula is C39H42N4O6S2. The maximum Gasteiger partial charge on any atom is 0.241 e. The van der Waals surface area contributed by atoms with Crippen LogP contribution in [0.25, 0.3) is 0 Å². The second kappa shape index (κ2) is 16.8. The Morgan fingerprint density at radius 3 is 2.27 bits per heavy atom. The summed E-state index contributed by atoms with van der Waals surface area (Å²) in [5.41, 5.74) is 5.28. The fourth-order valence-electron chi connectivity index (χ4n) is 5.80. The molecule has 1 fully saturated rings. The van der Waals surface area contributed by atoms with Gasteiger partial charge in [0.15, 0.2) is 11.4 Å². The lowest BCUT2D eigenvalue weighted by molar-refractivity contribution is -0.245. The summed E-state index contributed by atoms with van der Waals surface area (Å²) in [5, 5.41) is 13.3. The summed E-state index contributed by atoms with van der Waals surface area (Å²) in [7, 11) is -1.99. The van der Waals surface area contributed by atoms with E-state index in [1.807, 2.05) is 104 Å². The van der Waals surface area contributed by atoms with Crippen molar-refractivity contribution in [2.24, 2.45) is 7.05 Å². The average Bonchev–Trinajstić information content (AvgIpc) is 3.57. The molecule has 1 saturated heterocycles. The fraction of sp³-hybridized carbons (Fsp3) is 0.282. The van der Waals surface area contributed by atoms with Gasteiger partial charge >= 0.3 is 0 Å². The van der Waals surface area contributed by atoms with E-state index in [4.69, 9.17) is 9.47 Å². The third-order valence-corrected chi connectivity index (χ3v) is 11.4. The van der Waals surface area contributed by atoms with E-state index in [1.165, 1.54) is 12.1 Å². The van der Waals surface area contributed by atoms with Crippen molar-refractivity contribution >= 4 is 27.7 Å². The van der Waals surface area contributed by atoms with Crippen LogP contribution in [-0.2, 0) is 50.9 Å². The second-order valence-corrected chi connectivity index (χ2v) is 15.3. The summed E-state index contributed by atoms with van der Waals surface area (Å²) >= 11 is 1.63. The van der Waals surface area contributed by atoms with Gasteiger partial charge in [0.25, 0.3) is 0 Å². The van der Waals surface area contributed by atoms with Gasteiger partial charge in [0.2, 0.25) is 15.9 Å². The molecule has 5 aromatic rings. The van der Waals surface area contributed by atoms with Crippen LogP contribution in [0.4, 0.5) is 0 Å². The monoisotopic (exact) mass is 726 g/mol. The molecule has 4 unspecified atom stereocenters. The zero-order chi connectivity index (χ0) is 35.8. The number of aromatic nitrogens is 2. The predicted molar refractivity (Wildman–Crippen MR) is 196 cm³/mol. The maximum atomic E-state index is 13.5. The molecule has 0 bridgehead atoms. The molecule has 0 spiro atoms. The van der Waals surface area contributed by atoms with Gasteiger partial charge in [0, 0.05) is 43.7 Å². The molecule has 4 aromatic carbocycles. The molecular weight excluding hydrogens is 685 g/mol. The lowest BCUT2D eigenvalue weighted by atomic mass is 10.0. The standard InChI is InChI=1S/C39H42N4O6S2/c1-27-8-18-34(19-9-27)51(46,47)42-35(22-28-6-4-3-5-7-28)37(45)41-24-29-10-16-32(17-11-29)38-48-33(26-50-39-40-20-21-43(39)2)23-36(49-38)31-14-12-30(25-44)13-15-31/h3-21,33,35-36,38,42,44H,22-26H2,1-2H3,(H,41,45). The van der Waals surface area contributed by atoms with Crippen molar-refractivity contribution in [2.75, 3.05) is 5.75 Å². The number of amides is 1. The minimum Gasteiger partial charge on any atom is -0.392 e. The number of aryl methyl sites for hydroxylation is 2. The van der Waals surface area contributed by atoms with E-state index in [1.54, 1.807) is 30.1 Å². The van der Waals surface area contributed by atoms with E-state index in [-0.39, 0.29) is 36.7 Å². The van der Waals surface area contributed by atoms with Crippen LogP contribution in [0.2, 0.25) is 0 Å². The number of carbonyl (C=O) groups is 1. The van der Waals surface area contributed by atoms with E-state index >= 15 is 0 Å². The number of rotatable bonds is 14. The molecule has 0 aliphatic carbocycles. The van der Waals surface area contributed by atoms with Crippen LogP contribution in [0, 0.1) is 6.92 Å². The summed E-state index contributed by atoms with van der Waals surface area (Å²) in [6.45, 7) is 2.06. The van der Waals surface area contributed by atoms with Crippen molar-refractivity contribution in [1.29, 1.82) is 0 Å². The molecule has 1 amide bonds. The molecule has 6 rings (SSSR count). The van der Waals surface area contributed by atoms with Crippen molar-refractivity contribution in [3.63, 3.8) is 0 Å². The molecule has 51 heavy (non-hydrogen) atoms. The van der Waals surface area contributed by atoms with Gasteiger partial charge in [-0.15, -0.1) is 0 Å². The van der Waals surface area contributed by atoms with Crippen molar-refractivity contribution in [1.82, 2.24) is 19.6 Å². The number of thioether (sulfide) groups is 1. The summed E-state index contributed by atoms with van der Waals surface area (Å²) in [6.07, 6.45) is 3.59. The summed E-state index contributed by atoms with van der Waals surface area (Å²) < 4.78 is 44.1. The van der Waals surface area contributed by atoms with E-state index < -0.39 is 28.3 Å². The Kier molecular flexibility index (Phi) is 12.0. The Hall–Kier alpha value is -4.30. The first-order valence-electron chi connectivity index (χ1n) is 16.8. The average molecular weight is 727 g/mol. The minimum absolute atomic E-state index is 0.0238. The van der Waals surface area contributed by atoms with E-state index in [9.17, 15) is 18.3 Å². The van der Waals surface area contributed by atoms with Gasteiger partial charge in [-0.2, -0.15) is 4.72 Å². The van der Waals surface area contributed by atoms with Crippen molar-refractivity contribution in [2.45, 2.75) is 67.5 Å². The summed E-state index contributed by atoms with van der Waals surface area (Å²) in [4.78, 5) is 18.0. The highest BCUT2D eigenvalue weighted by Gasteiger charge is 2.33. The number of aliphatic hydroxyl groups excluding tert-OH is 1. The first-order valence-corrected chi connectivity index (χ1v) is 19.2. The lowest BCUT2D eigenvalue weighted by Crippen LogP contribution is -2.47. The summed E-state index contributed by atoms with van der Waals surface area (Å²) in [5.74, 6) is 0.262. The van der Waals surface area contributed by atoms with Gasteiger partial charge in [-0.1, -0.05) is 108 Å². The molecule has 3 N–H and O–H groups in total. The van der Waals surface area contributed by atoms with Crippen LogP contribution >= 0.6 is 11.8 Å². The normalized spacial score (nSPS) is 18.3. The number of ether oxygens (including phenoxy) is 2. The molecule has 4 atom stereocenters. The van der Waals surface area contributed by atoms with Crippen molar-refractivity contribution < 1.29 is 27.8 Å². The van der Waals surface area contributed by atoms with E-state index in [0.717, 1.165) is 38.5 Å². The number of hydrogen-bond acceptors (Lipinski definition) is 8. The molecule has 1 aliphatic rings. The smallest absolute Gasteiger partial charge is 0.241 e. The number of imidazole rings is 1. The predicted octanol–water partition coefficient (Wildman–Crippen LogP) is 5.76. The Labute approximate surface area is 303 Å². The Balaban J connectivity index is 1.13. The largest absolute Gasteiger partial charge is 0.392 e. The number of nitrogens with zero attached hydrogens (tertiary/aromatic N) is 2. The molecule has 266 valence electrons. The zero-order valence-corrected chi connectivity index (χ0v) is 30.1. The number of aliphatic hydroxyl groups is 1. The fourth-order valence-corrected chi connectivity index (χ4v) is 7.94. The van der Waals surface area contributed by atoms with Gasteiger partial charge in [0.1, 0.15) is 6.04 Å². The highest BCUT2D eigenvalue weighted by atomic mass is 32.2.